The number of hydrazine groups is 1. The molecule has 0 aromatic heterocycles. The van der Waals surface area contributed by atoms with Crippen LogP contribution in [0.5, 0.6) is 0 Å². The summed E-state index contributed by atoms with van der Waals surface area (Å²) in [6, 6.07) is 9.29. The monoisotopic (exact) mass is 404 g/mol. The highest BCUT2D eigenvalue weighted by molar-refractivity contribution is 9.10. The molecular weight excluding hydrogens is 394 g/mol. The van der Waals surface area contributed by atoms with Gasteiger partial charge in [-0.05, 0) is 67.6 Å². The molecule has 2 nitrogen and oxygen atoms in total. The second-order valence-corrected chi connectivity index (χ2v) is 5.96. The maximum absolute atomic E-state index is 13.6. The zero-order valence-corrected chi connectivity index (χ0v) is 13.5. The molecule has 0 bridgehead atoms. The molecule has 0 radical (unpaired) electrons. The first-order valence-corrected chi connectivity index (χ1v) is 7.45. The van der Waals surface area contributed by atoms with Gasteiger partial charge in [0.05, 0.1) is 15.0 Å². The van der Waals surface area contributed by atoms with Crippen LogP contribution in [0.25, 0.3) is 0 Å². The number of nitrogens with two attached hydrogens (primary N) is 1. The summed E-state index contributed by atoms with van der Waals surface area (Å²) in [4.78, 5) is 0. The Morgan fingerprint density at radius 2 is 1.85 bits per heavy atom. The normalized spacial score (nSPS) is 12.4. The van der Waals surface area contributed by atoms with E-state index in [0.717, 1.165) is 5.56 Å². The van der Waals surface area contributed by atoms with E-state index in [9.17, 15) is 8.78 Å². The van der Waals surface area contributed by atoms with Crippen molar-refractivity contribution in [3.63, 3.8) is 0 Å². The number of hydrogen-bond donors (Lipinski definition) is 2. The zero-order chi connectivity index (χ0) is 14.7. The van der Waals surface area contributed by atoms with Gasteiger partial charge >= 0.3 is 0 Å². The van der Waals surface area contributed by atoms with Crippen molar-refractivity contribution in [2.45, 2.75) is 12.5 Å². The van der Waals surface area contributed by atoms with Gasteiger partial charge in [-0.2, -0.15) is 0 Å². The maximum Gasteiger partial charge on any atom is 0.137 e. The van der Waals surface area contributed by atoms with Crippen LogP contribution in [0.4, 0.5) is 8.78 Å². The minimum absolute atomic E-state index is 0.310. The molecule has 1 atom stereocenters. The Morgan fingerprint density at radius 3 is 2.50 bits per heavy atom. The summed E-state index contributed by atoms with van der Waals surface area (Å²) in [5, 5.41) is 0. The molecule has 0 aliphatic rings. The molecule has 3 N–H and O–H groups in total. The molecular formula is C14H12Br2F2N2. The summed E-state index contributed by atoms with van der Waals surface area (Å²) in [7, 11) is 0. The van der Waals surface area contributed by atoms with Crippen molar-refractivity contribution in [1.29, 1.82) is 0 Å². The van der Waals surface area contributed by atoms with Gasteiger partial charge < -0.3 is 0 Å². The molecule has 0 aliphatic heterocycles. The van der Waals surface area contributed by atoms with Gasteiger partial charge in [0.2, 0.25) is 0 Å². The van der Waals surface area contributed by atoms with Crippen molar-refractivity contribution < 1.29 is 8.78 Å². The molecule has 0 spiro atoms. The molecule has 2 rings (SSSR count). The van der Waals surface area contributed by atoms with Gasteiger partial charge in [0.15, 0.2) is 0 Å². The van der Waals surface area contributed by atoms with Crippen LogP contribution in [0.1, 0.15) is 17.2 Å². The third kappa shape index (κ3) is 3.44. The average Bonchev–Trinajstić information content (AvgIpc) is 2.44. The molecule has 106 valence electrons. The first-order valence-electron chi connectivity index (χ1n) is 5.87. The number of rotatable bonds is 4. The summed E-state index contributed by atoms with van der Waals surface area (Å²) in [6.07, 6.45) is 0.440. The lowest BCUT2D eigenvalue weighted by Gasteiger charge is -2.18. The van der Waals surface area contributed by atoms with Crippen molar-refractivity contribution in [3.8, 4) is 0 Å². The number of hydrogen-bond acceptors (Lipinski definition) is 2. The Hall–Kier alpha value is -0.820. The Balaban J connectivity index is 2.28. The van der Waals surface area contributed by atoms with Gasteiger partial charge in [0, 0.05) is 0 Å². The van der Waals surface area contributed by atoms with Gasteiger partial charge in [0.1, 0.15) is 11.6 Å². The lowest BCUT2D eigenvalue weighted by molar-refractivity contribution is 0.539. The molecule has 1 unspecified atom stereocenters. The minimum Gasteiger partial charge on any atom is -0.271 e. The Bertz CT molecular complexity index is 620. The number of nitrogens with one attached hydrogen (secondary N) is 1. The molecule has 0 amide bonds. The summed E-state index contributed by atoms with van der Waals surface area (Å²) < 4.78 is 27.9. The second-order valence-electron chi connectivity index (χ2n) is 4.31. The molecule has 0 saturated heterocycles. The van der Waals surface area contributed by atoms with Crippen LogP contribution in [-0.4, -0.2) is 0 Å². The van der Waals surface area contributed by atoms with E-state index in [-0.39, 0.29) is 17.7 Å². The van der Waals surface area contributed by atoms with Crippen molar-refractivity contribution in [3.05, 3.63) is 68.1 Å². The standard InChI is InChI=1S/C14H12Br2F2N2/c15-10-5-4-8(6-12(10)18)13(20-19)7-9-2-1-3-11(17)14(9)16/h1-6,13,20H,7,19H2. The van der Waals surface area contributed by atoms with Crippen LogP contribution in [0, 0.1) is 11.6 Å². The molecule has 0 fully saturated rings. The Morgan fingerprint density at radius 1 is 1.10 bits per heavy atom. The highest BCUT2D eigenvalue weighted by Crippen LogP contribution is 2.27. The molecule has 2 aromatic rings. The summed E-state index contributed by atoms with van der Waals surface area (Å²) in [6.45, 7) is 0. The highest BCUT2D eigenvalue weighted by Gasteiger charge is 2.15. The van der Waals surface area contributed by atoms with Crippen LogP contribution in [0.3, 0.4) is 0 Å². The summed E-state index contributed by atoms with van der Waals surface area (Å²) in [5.74, 6) is 4.84. The first-order chi connectivity index (χ1) is 9.52. The fraction of sp³-hybridized carbons (Fsp3) is 0.143. The van der Waals surface area contributed by atoms with E-state index in [1.165, 1.54) is 12.1 Å². The third-order valence-corrected chi connectivity index (χ3v) is 4.53. The minimum atomic E-state index is -0.360. The number of benzene rings is 2. The molecule has 0 heterocycles. The van der Waals surface area contributed by atoms with E-state index in [4.69, 9.17) is 5.84 Å². The van der Waals surface area contributed by atoms with E-state index in [1.807, 2.05) is 0 Å². The maximum atomic E-state index is 13.6. The SMILES string of the molecule is NNC(Cc1cccc(F)c1Br)c1ccc(Br)c(F)c1. The zero-order valence-electron chi connectivity index (χ0n) is 10.3. The van der Waals surface area contributed by atoms with Crippen molar-refractivity contribution in [2.75, 3.05) is 0 Å². The molecule has 20 heavy (non-hydrogen) atoms. The quantitative estimate of drug-likeness (QED) is 0.589. The predicted molar refractivity (Wildman–Crippen MR) is 82.0 cm³/mol. The average molecular weight is 406 g/mol. The first kappa shape index (κ1) is 15.6. The van der Waals surface area contributed by atoms with E-state index in [1.54, 1.807) is 24.3 Å². The number of halogens is 4. The fourth-order valence-electron chi connectivity index (χ4n) is 1.93. The predicted octanol–water partition coefficient (Wildman–Crippen LogP) is 4.24. The molecule has 0 aliphatic carbocycles. The molecule has 0 saturated carbocycles. The third-order valence-electron chi connectivity index (χ3n) is 3.00. The largest absolute Gasteiger partial charge is 0.271 e. The lowest BCUT2D eigenvalue weighted by Crippen LogP contribution is -2.29. The van der Waals surface area contributed by atoms with Crippen LogP contribution in [0.2, 0.25) is 0 Å². The Kier molecular flexibility index (Phi) is 5.26. The van der Waals surface area contributed by atoms with Crippen molar-refractivity contribution in [2.24, 2.45) is 5.84 Å². The van der Waals surface area contributed by atoms with Crippen LogP contribution in [-0.2, 0) is 6.42 Å². The van der Waals surface area contributed by atoms with Gasteiger partial charge in [0.25, 0.3) is 0 Å². The van der Waals surface area contributed by atoms with Gasteiger partial charge in [-0.1, -0.05) is 18.2 Å². The van der Waals surface area contributed by atoms with E-state index in [2.05, 4.69) is 37.3 Å². The van der Waals surface area contributed by atoms with Crippen molar-refractivity contribution >= 4 is 31.9 Å². The van der Waals surface area contributed by atoms with Gasteiger partial charge in [-0.15, -0.1) is 0 Å². The smallest absolute Gasteiger partial charge is 0.137 e. The van der Waals surface area contributed by atoms with Gasteiger partial charge in [-0.3, -0.25) is 11.3 Å². The second kappa shape index (κ2) is 6.76. The summed E-state index contributed by atoms with van der Waals surface area (Å²) in [5.41, 5.74) is 4.09. The van der Waals surface area contributed by atoms with E-state index < -0.39 is 0 Å². The van der Waals surface area contributed by atoms with Crippen LogP contribution >= 0.6 is 31.9 Å². The Labute approximate surface area is 132 Å². The van der Waals surface area contributed by atoms with Crippen LogP contribution < -0.4 is 11.3 Å². The lowest BCUT2D eigenvalue weighted by atomic mass is 9.99. The van der Waals surface area contributed by atoms with E-state index in [0.29, 0.717) is 20.9 Å². The van der Waals surface area contributed by atoms with Gasteiger partial charge in [-0.25, -0.2) is 8.78 Å². The van der Waals surface area contributed by atoms with E-state index >= 15 is 0 Å². The summed E-state index contributed by atoms with van der Waals surface area (Å²) >= 11 is 6.32. The van der Waals surface area contributed by atoms with Crippen molar-refractivity contribution in [1.82, 2.24) is 5.43 Å². The molecule has 6 heteroatoms. The highest BCUT2D eigenvalue weighted by atomic mass is 79.9. The topological polar surface area (TPSA) is 38.0 Å². The fourth-order valence-corrected chi connectivity index (χ4v) is 2.60. The molecule has 2 aromatic carbocycles. The van der Waals surface area contributed by atoms with Crippen LogP contribution in [0.15, 0.2) is 45.3 Å².